The maximum Gasteiger partial charge on any atom is 0.157 e. The summed E-state index contributed by atoms with van der Waals surface area (Å²) >= 11 is 1.97. The second-order valence-electron chi connectivity index (χ2n) is 5.87. The summed E-state index contributed by atoms with van der Waals surface area (Å²) in [5.41, 5.74) is 3.14. The van der Waals surface area contributed by atoms with Crippen LogP contribution in [0.3, 0.4) is 0 Å². The zero-order chi connectivity index (χ0) is 14.2. The molecule has 2 heterocycles. The minimum absolute atomic E-state index is 0.723. The molecule has 0 spiro atoms. The number of hydrogen-bond acceptors (Lipinski definition) is 3. The molecule has 4 rings (SSSR count). The first-order valence-corrected chi connectivity index (χ1v) is 8.61. The topological polar surface area (TPSA) is 30.2 Å². The summed E-state index contributed by atoms with van der Waals surface area (Å²) in [6.07, 6.45) is 6.77. The number of fused-ring (bicyclic) bond motifs is 3. The molecular weight excluding hydrogens is 278 g/mol. The summed E-state index contributed by atoms with van der Waals surface area (Å²) in [6.45, 7) is 2.03. The van der Waals surface area contributed by atoms with Crippen LogP contribution in [0.5, 0.6) is 0 Å². The number of thioether (sulfide) groups is 1. The van der Waals surface area contributed by atoms with E-state index in [0.717, 1.165) is 22.1 Å². The molecule has 0 N–H and O–H groups in total. The summed E-state index contributed by atoms with van der Waals surface area (Å²) in [4.78, 5) is 4.88. The van der Waals surface area contributed by atoms with Crippen molar-refractivity contribution in [2.45, 2.75) is 49.3 Å². The zero-order valence-electron chi connectivity index (χ0n) is 12.2. The minimum atomic E-state index is 0.723. The van der Waals surface area contributed by atoms with Crippen LogP contribution in [0.15, 0.2) is 35.4 Å². The number of para-hydroxylation sites is 1. The summed E-state index contributed by atoms with van der Waals surface area (Å²) < 4.78 is 1.97. The smallest absolute Gasteiger partial charge is 0.157 e. The van der Waals surface area contributed by atoms with E-state index in [4.69, 9.17) is 4.98 Å². The molecule has 1 aliphatic carbocycles. The van der Waals surface area contributed by atoms with Crippen LogP contribution in [0.25, 0.3) is 16.6 Å². The van der Waals surface area contributed by atoms with Gasteiger partial charge in [-0.05, 0) is 25.8 Å². The number of aryl methyl sites for hydroxylation is 1. The maximum absolute atomic E-state index is 4.88. The van der Waals surface area contributed by atoms with Gasteiger partial charge in [-0.3, -0.25) is 0 Å². The molecule has 1 aliphatic rings. The van der Waals surface area contributed by atoms with E-state index in [1.54, 1.807) is 0 Å². The molecule has 0 aliphatic heterocycles. The Morgan fingerprint density at radius 3 is 2.81 bits per heavy atom. The maximum atomic E-state index is 4.88. The van der Waals surface area contributed by atoms with E-state index >= 15 is 0 Å². The lowest BCUT2D eigenvalue weighted by molar-refractivity contribution is 0.516. The van der Waals surface area contributed by atoms with Crippen LogP contribution < -0.4 is 0 Å². The van der Waals surface area contributed by atoms with Gasteiger partial charge in [0.1, 0.15) is 5.03 Å². The van der Waals surface area contributed by atoms with Gasteiger partial charge in [-0.15, -0.1) is 11.8 Å². The highest BCUT2D eigenvalue weighted by atomic mass is 32.2. The molecule has 2 aromatic heterocycles. The van der Waals surface area contributed by atoms with Gasteiger partial charge in [-0.1, -0.05) is 37.5 Å². The van der Waals surface area contributed by atoms with E-state index in [2.05, 4.69) is 35.4 Å². The van der Waals surface area contributed by atoms with Crippen molar-refractivity contribution in [1.82, 2.24) is 14.6 Å². The fourth-order valence-corrected chi connectivity index (χ4v) is 4.51. The summed E-state index contributed by atoms with van der Waals surface area (Å²) in [6, 6.07) is 10.5. The predicted octanol–water partition coefficient (Wildman–Crippen LogP) is 4.62. The summed E-state index contributed by atoms with van der Waals surface area (Å²) in [5, 5.41) is 7.69. The van der Waals surface area contributed by atoms with Crippen molar-refractivity contribution in [3.63, 3.8) is 0 Å². The molecular formula is C17H19N3S. The van der Waals surface area contributed by atoms with Gasteiger partial charge in [0, 0.05) is 16.7 Å². The van der Waals surface area contributed by atoms with Gasteiger partial charge in [0.25, 0.3) is 0 Å². The molecule has 0 atom stereocenters. The second-order valence-corrected chi connectivity index (χ2v) is 7.16. The monoisotopic (exact) mass is 297 g/mol. The average Bonchev–Trinajstić information content (AvgIpc) is 2.89. The predicted molar refractivity (Wildman–Crippen MR) is 88.0 cm³/mol. The molecule has 1 saturated carbocycles. The fraction of sp³-hybridized carbons (Fsp3) is 0.412. The lowest BCUT2D eigenvalue weighted by Gasteiger charge is -2.21. The number of nitrogens with zero attached hydrogens (tertiary/aromatic N) is 3. The number of rotatable bonds is 2. The van der Waals surface area contributed by atoms with Gasteiger partial charge in [0.15, 0.2) is 5.65 Å². The molecule has 108 valence electrons. The highest BCUT2D eigenvalue weighted by Crippen LogP contribution is 2.36. The number of hydrogen-bond donors (Lipinski definition) is 0. The van der Waals surface area contributed by atoms with Crippen LogP contribution in [0.1, 0.15) is 37.8 Å². The van der Waals surface area contributed by atoms with Gasteiger partial charge in [0.05, 0.1) is 11.2 Å². The molecule has 0 amide bonds. The third-order valence-electron chi connectivity index (χ3n) is 4.22. The standard InChI is InChI=1S/C17H19N3S/c1-12-11-16-18-17(21-13-7-3-2-4-8-13)14-9-5-6-10-15(14)20(16)19-12/h5-6,9-11,13H,2-4,7-8H2,1H3. The molecule has 3 aromatic rings. The van der Waals surface area contributed by atoms with Crippen molar-refractivity contribution in [2.24, 2.45) is 0 Å². The van der Waals surface area contributed by atoms with Crippen molar-refractivity contribution < 1.29 is 0 Å². The van der Waals surface area contributed by atoms with Gasteiger partial charge >= 0.3 is 0 Å². The van der Waals surface area contributed by atoms with Crippen molar-refractivity contribution in [2.75, 3.05) is 0 Å². The van der Waals surface area contributed by atoms with Crippen LogP contribution in [-0.2, 0) is 0 Å². The third kappa shape index (κ3) is 2.42. The van der Waals surface area contributed by atoms with Crippen LogP contribution >= 0.6 is 11.8 Å². The van der Waals surface area contributed by atoms with Crippen LogP contribution in [-0.4, -0.2) is 19.8 Å². The highest BCUT2D eigenvalue weighted by Gasteiger charge is 2.18. The van der Waals surface area contributed by atoms with Crippen molar-refractivity contribution in [3.8, 4) is 0 Å². The van der Waals surface area contributed by atoms with E-state index in [-0.39, 0.29) is 0 Å². The molecule has 0 radical (unpaired) electrons. The lowest BCUT2D eigenvalue weighted by Crippen LogP contribution is -2.08. The van der Waals surface area contributed by atoms with Gasteiger partial charge in [-0.2, -0.15) is 5.10 Å². The molecule has 4 heteroatoms. The van der Waals surface area contributed by atoms with Crippen LogP contribution in [0.2, 0.25) is 0 Å². The Labute approximate surface area is 128 Å². The first-order chi connectivity index (χ1) is 10.3. The highest BCUT2D eigenvalue weighted by molar-refractivity contribution is 8.00. The van der Waals surface area contributed by atoms with Crippen LogP contribution in [0.4, 0.5) is 0 Å². The van der Waals surface area contributed by atoms with Crippen LogP contribution in [0, 0.1) is 6.92 Å². The fourth-order valence-electron chi connectivity index (χ4n) is 3.18. The first-order valence-electron chi connectivity index (χ1n) is 7.73. The van der Waals surface area contributed by atoms with Gasteiger partial charge in [0.2, 0.25) is 0 Å². The van der Waals surface area contributed by atoms with E-state index in [0.29, 0.717) is 0 Å². The zero-order valence-corrected chi connectivity index (χ0v) is 13.1. The molecule has 0 unspecified atom stereocenters. The molecule has 0 saturated heterocycles. The Balaban J connectivity index is 1.85. The van der Waals surface area contributed by atoms with E-state index in [9.17, 15) is 0 Å². The van der Waals surface area contributed by atoms with Crippen molar-refractivity contribution in [1.29, 1.82) is 0 Å². The largest absolute Gasteiger partial charge is 0.222 e. The normalized spacial score (nSPS) is 16.8. The number of benzene rings is 1. The SMILES string of the molecule is Cc1cc2nc(SC3CCCCC3)c3ccccc3n2n1. The Bertz CT molecular complexity index is 787. The first kappa shape index (κ1) is 13.1. The quantitative estimate of drug-likeness (QED) is 0.647. The molecule has 1 aromatic carbocycles. The van der Waals surface area contributed by atoms with Crippen molar-refractivity contribution in [3.05, 3.63) is 36.0 Å². The minimum Gasteiger partial charge on any atom is -0.222 e. The van der Waals surface area contributed by atoms with E-state index in [1.165, 1.54) is 42.5 Å². The molecule has 3 nitrogen and oxygen atoms in total. The Morgan fingerprint density at radius 1 is 1.14 bits per heavy atom. The summed E-state index contributed by atoms with van der Waals surface area (Å²) in [5.74, 6) is 0. The van der Waals surface area contributed by atoms with Gasteiger partial charge in [-0.25, -0.2) is 9.50 Å². The average molecular weight is 297 g/mol. The Hall–Kier alpha value is -1.55. The summed E-state index contributed by atoms with van der Waals surface area (Å²) in [7, 11) is 0. The molecule has 1 fully saturated rings. The Morgan fingerprint density at radius 2 is 1.95 bits per heavy atom. The van der Waals surface area contributed by atoms with E-state index in [1.807, 2.05) is 23.2 Å². The third-order valence-corrected chi connectivity index (χ3v) is 5.56. The number of aromatic nitrogens is 3. The van der Waals surface area contributed by atoms with Gasteiger partial charge < -0.3 is 0 Å². The van der Waals surface area contributed by atoms with E-state index < -0.39 is 0 Å². The Kier molecular flexibility index (Phi) is 3.34. The lowest BCUT2D eigenvalue weighted by atomic mass is 10.0. The second kappa shape index (κ2) is 5.34. The van der Waals surface area contributed by atoms with Crippen molar-refractivity contribution >= 4 is 28.3 Å². The molecule has 21 heavy (non-hydrogen) atoms. The molecule has 0 bridgehead atoms.